The van der Waals surface area contributed by atoms with Crippen molar-refractivity contribution in [1.29, 1.82) is 0 Å². The molecule has 1 unspecified atom stereocenters. The molecule has 7 nitrogen and oxygen atoms in total. The standard InChI is InChI=1S/C25H31N3O4/c1-2-27(18-21-8-6-16-31-21)25(30)22-9-3-4-10-23(22)32-20-11-14-28(15-12-20)24(29)19-7-5-13-26-17-19/h3-5,7,9-10,13,17,20-21H,2,6,8,11-12,14-16,18H2,1H3. The highest BCUT2D eigenvalue weighted by molar-refractivity contribution is 5.97. The predicted octanol–water partition coefficient (Wildman–Crippen LogP) is 3.41. The van der Waals surface area contributed by atoms with Gasteiger partial charge in [0.15, 0.2) is 0 Å². The van der Waals surface area contributed by atoms with Crippen LogP contribution in [0.5, 0.6) is 5.75 Å². The fourth-order valence-corrected chi connectivity index (χ4v) is 4.33. The monoisotopic (exact) mass is 437 g/mol. The molecule has 4 rings (SSSR count). The molecule has 3 heterocycles. The number of aromatic nitrogens is 1. The average Bonchev–Trinajstić information content (AvgIpc) is 3.36. The Kier molecular flexibility index (Phi) is 7.37. The van der Waals surface area contributed by atoms with E-state index < -0.39 is 0 Å². The molecule has 0 spiro atoms. The van der Waals surface area contributed by atoms with Crippen LogP contribution in [0.25, 0.3) is 0 Å². The van der Waals surface area contributed by atoms with Crippen LogP contribution in [0, 0.1) is 0 Å². The number of likely N-dealkylation sites (N-methyl/N-ethyl adjacent to an activating group) is 1. The molecule has 2 saturated heterocycles. The van der Waals surface area contributed by atoms with Crippen LogP contribution in [0.2, 0.25) is 0 Å². The molecular formula is C25H31N3O4. The van der Waals surface area contributed by atoms with E-state index in [1.54, 1.807) is 24.5 Å². The lowest BCUT2D eigenvalue weighted by atomic mass is 10.1. The molecule has 2 fully saturated rings. The number of pyridine rings is 1. The Morgan fingerprint density at radius 1 is 1.16 bits per heavy atom. The minimum atomic E-state index is -0.0323. The molecule has 7 heteroatoms. The number of hydrogen-bond acceptors (Lipinski definition) is 5. The van der Waals surface area contributed by atoms with Crippen LogP contribution in [0.1, 0.15) is 53.3 Å². The SMILES string of the molecule is CCN(CC1CCCO1)C(=O)c1ccccc1OC1CCN(C(=O)c2cccnc2)CC1. The quantitative estimate of drug-likeness (QED) is 0.664. The molecule has 0 N–H and O–H groups in total. The Labute approximate surface area is 189 Å². The van der Waals surface area contributed by atoms with E-state index in [0.717, 1.165) is 32.3 Å². The van der Waals surface area contributed by atoms with E-state index in [1.807, 2.05) is 41.0 Å². The number of ether oxygens (including phenoxy) is 2. The first-order valence-corrected chi connectivity index (χ1v) is 11.5. The molecule has 1 atom stereocenters. The number of hydrogen-bond donors (Lipinski definition) is 0. The Hall–Kier alpha value is -2.93. The highest BCUT2D eigenvalue weighted by Crippen LogP contribution is 2.25. The Balaban J connectivity index is 1.37. The third-order valence-corrected chi connectivity index (χ3v) is 6.17. The first kappa shape index (κ1) is 22.3. The van der Waals surface area contributed by atoms with Crippen LogP contribution in [0.15, 0.2) is 48.8 Å². The Bertz CT molecular complexity index is 906. The van der Waals surface area contributed by atoms with Crippen LogP contribution in [0.4, 0.5) is 0 Å². The van der Waals surface area contributed by atoms with Crippen molar-refractivity contribution in [2.24, 2.45) is 0 Å². The maximum atomic E-state index is 13.3. The van der Waals surface area contributed by atoms with E-state index >= 15 is 0 Å². The van der Waals surface area contributed by atoms with Crippen molar-refractivity contribution >= 4 is 11.8 Å². The molecule has 0 bridgehead atoms. The first-order chi connectivity index (χ1) is 15.7. The summed E-state index contributed by atoms with van der Waals surface area (Å²) >= 11 is 0. The first-order valence-electron chi connectivity index (χ1n) is 11.5. The fourth-order valence-electron chi connectivity index (χ4n) is 4.33. The lowest BCUT2D eigenvalue weighted by Gasteiger charge is -2.33. The largest absolute Gasteiger partial charge is 0.489 e. The predicted molar refractivity (Wildman–Crippen MR) is 121 cm³/mol. The summed E-state index contributed by atoms with van der Waals surface area (Å²) in [5, 5.41) is 0. The van der Waals surface area contributed by atoms with Gasteiger partial charge in [-0.25, -0.2) is 0 Å². The molecular weight excluding hydrogens is 406 g/mol. The van der Waals surface area contributed by atoms with Gasteiger partial charge in [0.2, 0.25) is 0 Å². The zero-order valence-corrected chi connectivity index (χ0v) is 18.6. The van der Waals surface area contributed by atoms with Crippen LogP contribution in [-0.2, 0) is 4.74 Å². The van der Waals surface area contributed by atoms with Crippen molar-refractivity contribution in [3.63, 3.8) is 0 Å². The van der Waals surface area contributed by atoms with Gasteiger partial charge in [-0.15, -0.1) is 0 Å². The van der Waals surface area contributed by atoms with E-state index in [4.69, 9.17) is 9.47 Å². The number of para-hydroxylation sites is 1. The molecule has 2 aliphatic rings. The Morgan fingerprint density at radius 2 is 1.97 bits per heavy atom. The topological polar surface area (TPSA) is 72.0 Å². The van der Waals surface area contributed by atoms with Gasteiger partial charge in [-0.2, -0.15) is 0 Å². The average molecular weight is 438 g/mol. The second-order valence-corrected chi connectivity index (χ2v) is 8.33. The third-order valence-electron chi connectivity index (χ3n) is 6.17. The van der Waals surface area contributed by atoms with Crippen LogP contribution < -0.4 is 4.74 Å². The molecule has 2 aromatic rings. The zero-order valence-electron chi connectivity index (χ0n) is 18.6. The zero-order chi connectivity index (χ0) is 22.3. The van der Waals surface area contributed by atoms with Gasteiger partial charge < -0.3 is 19.3 Å². The number of rotatable bonds is 7. The second kappa shape index (κ2) is 10.6. The van der Waals surface area contributed by atoms with E-state index in [9.17, 15) is 9.59 Å². The summed E-state index contributed by atoms with van der Waals surface area (Å²) < 4.78 is 12.0. The van der Waals surface area contributed by atoms with Gasteiger partial charge in [0.1, 0.15) is 11.9 Å². The maximum absolute atomic E-state index is 13.3. The summed E-state index contributed by atoms with van der Waals surface area (Å²) in [7, 11) is 0. The summed E-state index contributed by atoms with van der Waals surface area (Å²) in [4.78, 5) is 33.6. The molecule has 1 aromatic heterocycles. The van der Waals surface area contributed by atoms with E-state index in [2.05, 4.69) is 4.98 Å². The summed E-state index contributed by atoms with van der Waals surface area (Å²) in [5.74, 6) is 0.586. The second-order valence-electron chi connectivity index (χ2n) is 8.33. The smallest absolute Gasteiger partial charge is 0.257 e. The van der Waals surface area contributed by atoms with Crippen molar-refractivity contribution in [2.45, 2.75) is 44.8 Å². The number of amides is 2. The van der Waals surface area contributed by atoms with Gasteiger partial charge in [-0.3, -0.25) is 14.6 Å². The summed E-state index contributed by atoms with van der Waals surface area (Å²) in [5.41, 5.74) is 1.19. The van der Waals surface area contributed by atoms with Crippen molar-refractivity contribution in [1.82, 2.24) is 14.8 Å². The normalized spacial score (nSPS) is 19.0. The van der Waals surface area contributed by atoms with Gasteiger partial charge in [0.25, 0.3) is 11.8 Å². The molecule has 0 aliphatic carbocycles. The molecule has 2 aliphatic heterocycles. The highest BCUT2D eigenvalue weighted by Gasteiger charge is 2.28. The van der Waals surface area contributed by atoms with E-state index in [-0.39, 0.29) is 24.0 Å². The number of carbonyl (C=O) groups excluding carboxylic acids is 2. The van der Waals surface area contributed by atoms with Crippen molar-refractivity contribution < 1.29 is 19.1 Å². The van der Waals surface area contributed by atoms with Gasteiger partial charge in [0, 0.05) is 58.0 Å². The number of likely N-dealkylation sites (tertiary alicyclic amines) is 1. The number of piperidine rings is 1. The minimum absolute atomic E-state index is 0.000142. The third kappa shape index (κ3) is 5.27. The van der Waals surface area contributed by atoms with Crippen molar-refractivity contribution in [3.05, 3.63) is 59.9 Å². The van der Waals surface area contributed by atoms with Gasteiger partial charge in [-0.1, -0.05) is 12.1 Å². The van der Waals surface area contributed by atoms with Gasteiger partial charge >= 0.3 is 0 Å². The van der Waals surface area contributed by atoms with Crippen LogP contribution in [0.3, 0.4) is 0 Å². The molecule has 170 valence electrons. The summed E-state index contributed by atoms with van der Waals surface area (Å²) in [6, 6.07) is 11.0. The lowest BCUT2D eigenvalue weighted by Crippen LogP contribution is -2.42. The number of benzene rings is 1. The van der Waals surface area contributed by atoms with Crippen molar-refractivity contribution in [3.8, 4) is 5.75 Å². The van der Waals surface area contributed by atoms with Crippen molar-refractivity contribution in [2.75, 3.05) is 32.8 Å². The molecule has 2 amide bonds. The van der Waals surface area contributed by atoms with Crippen LogP contribution >= 0.6 is 0 Å². The minimum Gasteiger partial charge on any atom is -0.489 e. The molecule has 1 aromatic carbocycles. The van der Waals surface area contributed by atoms with Gasteiger partial charge in [0.05, 0.1) is 17.2 Å². The number of nitrogens with zero attached hydrogens (tertiary/aromatic N) is 3. The van der Waals surface area contributed by atoms with E-state index in [1.165, 1.54) is 0 Å². The molecule has 0 radical (unpaired) electrons. The summed E-state index contributed by atoms with van der Waals surface area (Å²) in [6.45, 7) is 5.24. The molecule has 0 saturated carbocycles. The fraction of sp³-hybridized carbons (Fsp3) is 0.480. The maximum Gasteiger partial charge on any atom is 0.257 e. The lowest BCUT2D eigenvalue weighted by molar-refractivity contribution is 0.0523. The molecule has 32 heavy (non-hydrogen) atoms. The van der Waals surface area contributed by atoms with Gasteiger partial charge in [-0.05, 0) is 44.0 Å². The van der Waals surface area contributed by atoms with Crippen LogP contribution in [-0.4, -0.2) is 71.6 Å². The Morgan fingerprint density at radius 3 is 2.66 bits per heavy atom. The highest BCUT2D eigenvalue weighted by atomic mass is 16.5. The van der Waals surface area contributed by atoms with E-state index in [0.29, 0.717) is 43.1 Å². The number of carbonyl (C=O) groups is 2. The summed E-state index contributed by atoms with van der Waals surface area (Å²) in [6.07, 6.45) is 6.85.